The lowest BCUT2D eigenvalue weighted by atomic mass is 9.96. The Balaban J connectivity index is 2.61. The van der Waals surface area contributed by atoms with Crippen LogP contribution in [0.5, 0.6) is 0 Å². The van der Waals surface area contributed by atoms with Crippen LogP contribution in [0, 0.1) is 0 Å². The van der Waals surface area contributed by atoms with Crippen molar-refractivity contribution in [3.63, 3.8) is 0 Å². The fourth-order valence-corrected chi connectivity index (χ4v) is 2.71. The molecule has 0 bridgehead atoms. The predicted molar refractivity (Wildman–Crippen MR) is 58.8 cm³/mol. The number of rotatable bonds is 2. The molecule has 1 aliphatic carbocycles. The van der Waals surface area contributed by atoms with Crippen LogP contribution in [0.1, 0.15) is 17.5 Å². The van der Waals surface area contributed by atoms with Gasteiger partial charge in [0.1, 0.15) is 0 Å². The predicted octanol–water partition coefficient (Wildman–Crippen LogP) is 2.32. The first kappa shape index (κ1) is 10.6. The smallest absolute Gasteiger partial charge is 0.340 e. The van der Waals surface area contributed by atoms with Gasteiger partial charge in [0, 0.05) is 11.6 Å². The van der Waals surface area contributed by atoms with E-state index in [4.69, 9.17) is 4.74 Å². The molecule has 0 radical (unpaired) electrons. The van der Waals surface area contributed by atoms with Crippen LogP contribution < -0.4 is 0 Å². The van der Waals surface area contributed by atoms with E-state index >= 15 is 0 Å². The molecule has 1 atom stereocenters. The van der Waals surface area contributed by atoms with E-state index in [1.165, 1.54) is 7.11 Å². The van der Waals surface area contributed by atoms with Crippen LogP contribution in [-0.4, -0.2) is 18.2 Å². The van der Waals surface area contributed by atoms with Crippen LogP contribution in [0.15, 0.2) is 22.7 Å². The Bertz CT molecular complexity index is 416. The number of carboxylic acids is 1. The SMILES string of the molecule is COC1(C(=O)O)CCc2c(Br)cccc21. The van der Waals surface area contributed by atoms with Gasteiger partial charge >= 0.3 is 5.97 Å². The Hall–Kier alpha value is -0.870. The van der Waals surface area contributed by atoms with Crippen LogP contribution >= 0.6 is 15.9 Å². The van der Waals surface area contributed by atoms with Crippen LogP contribution in [0.3, 0.4) is 0 Å². The number of benzene rings is 1. The molecule has 0 saturated heterocycles. The van der Waals surface area contributed by atoms with Gasteiger partial charge in [0.2, 0.25) is 0 Å². The molecule has 15 heavy (non-hydrogen) atoms. The molecule has 4 heteroatoms. The minimum atomic E-state index is -1.15. The summed E-state index contributed by atoms with van der Waals surface area (Å²) in [6, 6.07) is 5.59. The third kappa shape index (κ3) is 1.40. The number of halogens is 1. The number of carboxylic acid groups (broad SMARTS) is 1. The van der Waals surface area contributed by atoms with E-state index in [-0.39, 0.29) is 0 Å². The topological polar surface area (TPSA) is 46.5 Å². The summed E-state index contributed by atoms with van der Waals surface area (Å²) in [6.45, 7) is 0. The maximum Gasteiger partial charge on any atom is 0.340 e. The quantitative estimate of drug-likeness (QED) is 0.897. The monoisotopic (exact) mass is 270 g/mol. The fraction of sp³-hybridized carbons (Fsp3) is 0.364. The van der Waals surface area contributed by atoms with Crippen molar-refractivity contribution in [2.45, 2.75) is 18.4 Å². The van der Waals surface area contributed by atoms with E-state index in [9.17, 15) is 9.90 Å². The van der Waals surface area contributed by atoms with Crippen molar-refractivity contribution in [1.82, 2.24) is 0 Å². The summed E-state index contributed by atoms with van der Waals surface area (Å²) in [5, 5.41) is 9.26. The molecule has 3 nitrogen and oxygen atoms in total. The minimum Gasteiger partial charge on any atom is -0.479 e. The van der Waals surface area contributed by atoms with E-state index in [1.807, 2.05) is 18.2 Å². The van der Waals surface area contributed by atoms with Gasteiger partial charge in [0.15, 0.2) is 5.60 Å². The Kier molecular flexibility index (Phi) is 2.56. The first-order chi connectivity index (χ1) is 7.12. The van der Waals surface area contributed by atoms with Gasteiger partial charge in [-0.3, -0.25) is 0 Å². The zero-order chi connectivity index (χ0) is 11.1. The molecular weight excluding hydrogens is 260 g/mol. The lowest BCUT2D eigenvalue weighted by Crippen LogP contribution is -2.35. The highest BCUT2D eigenvalue weighted by atomic mass is 79.9. The van der Waals surface area contributed by atoms with Gasteiger partial charge in [-0.1, -0.05) is 28.1 Å². The van der Waals surface area contributed by atoms with Gasteiger partial charge in [-0.15, -0.1) is 0 Å². The molecule has 1 N–H and O–H groups in total. The molecule has 0 fully saturated rings. The van der Waals surface area contributed by atoms with Crippen molar-refractivity contribution >= 4 is 21.9 Å². The standard InChI is InChI=1S/C11H11BrO3/c1-15-11(10(13)14)6-5-7-8(11)3-2-4-9(7)12/h2-4H,5-6H2,1H3,(H,13,14). The van der Waals surface area contributed by atoms with Crippen LogP contribution in [0.25, 0.3) is 0 Å². The molecule has 0 amide bonds. The Morgan fingerprint density at radius 2 is 2.33 bits per heavy atom. The highest BCUT2D eigenvalue weighted by Gasteiger charge is 2.46. The first-order valence-corrected chi connectivity index (χ1v) is 5.47. The normalized spacial score (nSPS) is 23.9. The Morgan fingerprint density at radius 3 is 2.93 bits per heavy atom. The Morgan fingerprint density at radius 1 is 1.60 bits per heavy atom. The molecule has 0 aliphatic heterocycles. The second kappa shape index (κ2) is 3.61. The third-order valence-corrected chi connectivity index (χ3v) is 3.72. The number of aliphatic carboxylic acids is 1. The van der Waals surface area contributed by atoms with Gasteiger partial charge < -0.3 is 9.84 Å². The van der Waals surface area contributed by atoms with E-state index in [1.54, 1.807) is 0 Å². The number of fused-ring (bicyclic) bond motifs is 1. The molecule has 0 heterocycles. The van der Waals surface area contributed by atoms with Crippen molar-refractivity contribution in [2.75, 3.05) is 7.11 Å². The van der Waals surface area contributed by atoms with Crippen LogP contribution in [-0.2, 0) is 21.6 Å². The average Bonchev–Trinajstić information content (AvgIpc) is 2.59. The molecule has 1 aromatic carbocycles. The molecule has 2 rings (SSSR count). The van der Waals surface area contributed by atoms with Crippen LogP contribution in [0.4, 0.5) is 0 Å². The maximum atomic E-state index is 11.3. The highest BCUT2D eigenvalue weighted by Crippen LogP contribution is 2.42. The minimum absolute atomic E-state index is 0.497. The second-order valence-electron chi connectivity index (χ2n) is 3.60. The van der Waals surface area contributed by atoms with Gasteiger partial charge in [-0.25, -0.2) is 4.79 Å². The van der Waals surface area contributed by atoms with Gasteiger partial charge in [0.05, 0.1) is 0 Å². The van der Waals surface area contributed by atoms with E-state index < -0.39 is 11.6 Å². The van der Waals surface area contributed by atoms with Crippen molar-refractivity contribution in [3.05, 3.63) is 33.8 Å². The van der Waals surface area contributed by atoms with Crippen molar-refractivity contribution < 1.29 is 14.6 Å². The summed E-state index contributed by atoms with van der Waals surface area (Å²) in [5.41, 5.74) is 0.660. The molecule has 1 unspecified atom stereocenters. The molecule has 1 aromatic rings. The highest BCUT2D eigenvalue weighted by molar-refractivity contribution is 9.10. The number of hydrogen-bond acceptors (Lipinski definition) is 2. The van der Waals surface area contributed by atoms with Gasteiger partial charge in [-0.05, 0) is 30.0 Å². The molecule has 1 aliphatic rings. The largest absolute Gasteiger partial charge is 0.479 e. The van der Waals surface area contributed by atoms with Crippen molar-refractivity contribution in [3.8, 4) is 0 Å². The lowest BCUT2D eigenvalue weighted by molar-refractivity contribution is -0.163. The number of carbonyl (C=O) groups is 1. The third-order valence-electron chi connectivity index (χ3n) is 2.97. The van der Waals surface area contributed by atoms with E-state index in [0.29, 0.717) is 6.42 Å². The van der Waals surface area contributed by atoms with Gasteiger partial charge in [0.25, 0.3) is 0 Å². The van der Waals surface area contributed by atoms with Gasteiger partial charge in [-0.2, -0.15) is 0 Å². The molecular formula is C11H11BrO3. The van der Waals surface area contributed by atoms with Crippen LogP contribution in [0.2, 0.25) is 0 Å². The van der Waals surface area contributed by atoms with Crippen molar-refractivity contribution in [1.29, 1.82) is 0 Å². The summed E-state index contributed by atoms with van der Waals surface area (Å²) in [7, 11) is 1.45. The maximum absolute atomic E-state index is 11.3. The fourth-order valence-electron chi connectivity index (χ4n) is 2.15. The van der Waals surface area contributed by atoms with Crippen molar-refractivity contribution in [2.24, 2.45) is 0 Å². The average molecular weight is 271 g/mol. The molecule has 0 spiro atoms. The summed E-state index contributed by atoms with van der Waals surface area (Å²) < 4.78 is 6.18. The molecule has 80 valence electrons. The summed E-state index contributed by atoms with van der Waals surface area (Å²) in [5.74, 6) is -0.915. The van der Waals surface area contributed by atoms with E-state index in [2.05, 4.69) is 15.9 Å². The Labute approximate surface area is 96.2 Å². The summed E-state index contributed by atoms with van der Waals surface area (Å²) in [6.07, 6.45) is 1.23. The number of ether oxygens (including phenoxy) is 1. The molecule has 0 saturated carbocycles. The zero-order valence-corrected chi connectivity index (χ0v) is 9.87. The first-order valence-electron chi connectivity index (χ1n) is 4.68. The number of hydrogen-bond donors (Lipinski definition) is 1. The summed E-state index contributed by atoms with van der Waals surface area (Å²) in [4.78, 5) is 11.3. The lowest BCUT2D eigenvalue weighted by Gasteiger charge is -2.23. The summed E-state index contributed by atoms with van der Waals surface area (Å²) >= 11 is 3.43. The zero-order valence-electron chi connectivity index (χ0n) is 8.29. The second-order valence-corrected chi connectivity index (χ2v) is 4.46. The molecule has 0 aromatic heterocycles. The number of methoxy groups -OCH3 is 1. The van der Waals surface area contributed by atoms with E-state index in [0.717, 1.165) is 22.0 Å².